The number of rotatable bonds is 5. The minimum Gasteiger partial charge on any atom is -0.481 e. The van der Waals surface area contributed by atoms with Crippen LogP contribution in [0.3, 0.4) is 0 Å². The zero-order chi connectivity index (χ0) is 17.0. The fourth-order valence-electron chi connectivity index (χ4n) is 2.21. The molecule has 0 heterocycles. The normalized spacial score (nSPS) is 11.3. The highest BCUT2D eigenvalue weighted by atomic mass is 19.4. The van der Waals surface area contributed by atoms with E-state index in [1.54, 1.807) is 0 Å². The van der Waals surface area contributed by atoms with Crippen LogP contribution in [0.15, 0.2) is 42.5 Å². The summed E-state index contributed by atoms with van der Waals surface area (Å²) in [4.78, 5) is 10.7. The lowest BCUT2D eigenvalue weighted by atomic mass is 9.97. The van der Waals surface area contributed by atoms with E-state index in [4.69, 9.17) is 5.11 Å². The molecule has 6 heteroatoms. The van der Waals surface area contributed by atoms with Gasteiger partial charge in [0, 0.05) is 6.42 Å². The van der Waals surface area contributed by atoms with Gasteiger partial charge in [-0.1, -0.05) is 30.3 Å². The van der Waals surface area contributed by atoms with Crippen molar-refractivity contribution in [1.29, 1.82) is 0 Å². The Morgan fingerprint density at radius 2 is 1.70 bits per heavy atom. The molecule has 0 saturated carbocycles. The van der Waals surface area contributed by atoms with Gasteiger partial charge in [0.05, 0.1) is 0 Å². The Balaban J connectivity index is 2.21. The van der Waals surface area contributed by atoms with Crippen molar-refractivity contribution >= 4 is 5.97 Å². The Hall–Kier alpha value is -2.50. The van der Waals surface area contributed by atoms with Crippen LogP contribution in [0.1, 0.15) is 17.5 Å². The SMILES string of the molecule is Cc1ccc(-c2ccc(OC(F)(F)F)cc2)cc1CCC(=O)O. The number of alkyl halides is 3. The van der Waals surface area contributed by atoms with Crippen molar-refractivity contribution in [3.05, 3.63) is 53.6 Å². The molecule has 0 fully saturated rings. The molecule has 122 valence electrons. The van der Waals surface area contributed by atoms with E-state index in [0.717, 1.165) is 22.3 Å². The third kappa shape index (κ3) is 5.02. The predicted molar refractivity (Wildman–Crippen MR) is 79.3 cm³/mol. The Bertz CT molecular complexity index is 691. The van der Waals surface area contributed by atoms with Gasteiger partial charge in [-0.3, -0.25) is 4.79 Å². The van der Waals surface area contributed by atoms with Gasteiger partial charge in [-0.2, -0.15) is 0 Å². The highest BCUT2D eigenvalue weighted by Gasteiger charge is 2.30. The van der Waals surface area contributed by atoms with Gasteiger partial charge in [0.2, 0.25) is 0 Å². The number of hydrogen-bond donors (Lipinski definition) is 1. The molecule has 0 bridgehead atoms. The van der Waals surface area contributed by atoms with E-state index in [-0.39, 0.29) is 12.2 Å². The highest BCUT2D eigenvalue weighted by molar-refractivity contribution is 5.68. The molecule has 2 aromatic rings. The maximum Gasteiger partial charge on any atom is 0.573 e. The zero-order valence-electron chi connectivity index (χ0n) is 12.4. The topological polar surface area (TPSA) is 46.5 Å². The van der Waals surface area contributed by atoms with Crippen LogP contribution in [0.4, 0.5) is 13.2 Å². The zero-order valence-corrected chi connectivity index (χ0v) is 12.4. The number of ether oxygens (including phenoxy) is 1. The molecule has 2 rings (SSSR count). The van der Waals surface area contributed by atoms with Crippen LogP contribution in [0, 0.1) is 6.92 Å². The summed E-state index contributed by atoms with van der Waals surface area (Å²) >= 11 is 0. The highest BCUT2D eigenvalue weighted by Crippen LogP contribution is 2.28. The van der Waals surface area contributed by atoms with E-state index in [1.165, 1.54) is 24.3 Å². The number of aryl methyl sites for hydroxylation is 2. The molecule has 0 aliphatic heterocycles. The van der Waals surface area contributed by atoms with Crippen molar-refractivity contribution in [2.75, 3.05) is 0 Å². The van der Waals surface area contributed by atoms with Gasteiger partial charge in [-0.15, -0.1) is 13.2 Å². The third-order valence-electron chi connectivity index (χ3n) is 3.38. The second kappa shape index (κ2) is 6.73. The number of carboxylic acids is 1. The average molecular weight is 324 g/mol. The Kier molecular flexibility index (Phi) is 4.93. The lowest BCUT2D eigenvalue weighted by Gasteiger charge is -2.11. The monoisotopic (exact) mass is 324 g/mol. The van der Waals surface area contributed by atoms with Crippen molar-refractivity contribution in [2.45, 2.75) is 26.1 Å². The quantitative estimate of drug-likeness (QED) is 0.876. The molecule has 2 aromatic carbocycles. The molecule has 0 aromatic heterocycles. The Labute approximate surface area is 131 Å². The maximum absolute atomic E-state index is 12.1. The second-order valence-corrected chi connectivity index (χ2v) is 5.11. The summed E-state index contributed by atoms with van der Waals surface area (Å²) in [5, 5.41) is 8.77. The number of benzene rings is 2. The predicted octanol–water partition coefficient (Wildman–Crippen LogP) is 4.58. The van der Waals surface area contributed by atoms with Gasteiger partial charge >= 0.3 is 12.3 Å². The van der Waals surface area contributed by atoms with Crippen LogP contribution in [-0.2, 0) is 11.2 Å². The van der Waals surface area contributed by atoms with Crippen molar-refractivity contribution in [3.8, 4) is 16.9 Å². The van der Waals surface area contributed by atoms with Crippen LogP contribution in [0.25, 0.3) is 11.1 Å². The summed E-state index contributed by atoms with van der Waals surface area (Å²) in [7, 11) is 0. The number of aliphatic carboxylic acids is 1. The number of hydrogen-bond acceptors (Lipinski definition) is 2. The minimum atomic E-state index is -4.71. The first-order valence-electron chi connectivity index (χ1n) is 6.92. The fourth-order valence-corrected chi connectivity index (χ4v) is 2.21. The molecule has 0 amide bonds. The van der Waals surface area contributed by atoms with Gasteiger partial charge in [0.1, 0.15) is 5.75 Å². The van der Waals surface area contributed by atoms with E-state index < -0.39 is 12.3 Å². The fraction of sp³-hybridized carbons (Fsp3) is 0.235. The van der Waals surface area contributed by atoms with E-state index in [2.05, 4.69) is 4.74 Å². The van der Waals surface area contributed by atoms with Gasteiger partial charge in [0.15, 0.2) is 0 Å². The van der Waals surface area contributed by atoms with Crippen molar-refractivity contribution in [3.63, 3.8) is 0 Å². The van der Waals surface area contributed by atoms with E-state index in [9.17, 15) is 18.0 Å². The summed E-state index contributed by atoms with van der Waals surface area (Å²) in [5.41, 5.74) is 3.43. The van der Waals surface area contributed by atoms with E-state index >= 15 is 0 Å². The van der Waals surface area contributed by atoms with Crippen molar-refractivity contribution in [1.82, 2.24) is 0 Å². The summed E-state index contributed by atoms with van der Waals surface area (Å²) < 4.78 is 40.3. The van der Waals surface area contributed by atoms with Crippen LogP contribution >= 0.6 is 0 Å². The summed E-state index contributed by atoms with van der Waals surface area (Å²) in [6.45, 7) is 1.89. The maximum atomic E-state index is 12.1. The molecule has 0 aliphatic carbocycles. The van der Waals surface area contributed by atoms with Gasteiger partial charge < -0.3 is 9.84 Å². The molecular formula is C17H15F3O3. The first-order chi connectivity index (χ1) is 10.7. The summed E-state index contributed by atoms with van der Waals surface area (Å²) in [5.74, 6) is -1.15. The van der Waals surface area contributed by atoms with Crippen LogP contribution in [0.2, 0.25) is 0 Å². The average Bonchev–Trinajstić information content (AvgIpc) is 2.45. The lowest BCUT2D eigenvalue weighted by Crippen LogP contribution is -2.16. The largest absolute Gasteiger partial charge is 0.573 e. The standard InChI is InChI=1S/C17H15F3O3/c1-11-2-3-14(10-13(11)6-9-16(21)22)12-4-7-15(8-5-12)23-17(18,19)20/h2-5,7-8,10H,6,9H2,1H3,(H,21,22). The first-order valence-corrected chi connectivity index (χ1v) is 6.92. The summed E-state index contributed by atoms with van der Waals surface area (Å²) in [6.07, 6.45) is -4.28. The smallest absolute Gasteiger partial charge is 0.481 e. The van der Waals surface area contributed by atoms with Gasteiger partial charge in [-0.05, 0) is 47.7 Å². The van der Waals surface area contributed by atoms with Crippen LogP contribution in [-0.4, -0.2) is 17.4 Å². The van der Waals surface area contributed by atoms with Crippen LogP contribution in [0.5, 0.6) is 5.75 Å². The number of halogens is 3. The molecule has 3 nitrogen and oxygen atoms in total. The molecule has 0 spiro atoms. The number of carbonyl (C=O) groups is 1. The third-order valence-corrected chi connectivity index (χ3v) is 3.38. The van der Waals surface area contributed by atoms with Gasteiger partial charge in [0.25, 0.3) is 0 Å². The van der Waals surface area contributed by atoms with E-state index in [1.807, 2.05) is 25.1 Å². The molecular weight excluding hydrogens is 309 g/mol. The van der Waals surface area contributed by atoms with E-state index in [0.29, 0.717) is 6.42 Å². The van der Waals surface area contributed by atoms with Crippen molar-refractivity contribution < 1.29 is 27.8 Å². The Morgan fingerprint density at radius 1 is 1.09 bits per heavy atom. The molecule has 0 radical (unpaired) electrons. The Morgan fingerprint density at radius 3 is 2.26 bits per heavy atom. The summed E-state index contributed by atoms with van der Waals surface area (Å²) in [6, 6.07) is 11.1. The molecule has 0 saturated heterocycles. The van der Waals surface area contributed by atoms with Crippen molar-refractivity contribution in [2.24, 2.45) is 0 Å². The minimum absolute atomic E-state index is 0.0304. The molecule has 0 atom stereocenters. The molecule has 1 N–H and O–H groups in total. The number of carboxylic acid groups (broad SMARTS) is 1. The van der Waals surface area contributed by atoms with Gasteiger partial charge in [-0.25, -0.2) is 0 Å². The second-order valence-electron chi connectivity index (χ2n) is 5.11. The molecule has 23 heavy (non-hydrogen) atoms. The molecule has 0 aliphatic rings. The molecule has 0 unspecified atom stereocenters. The lowest BCUT2D eigenvalue weighted by molar-refractivity contribution is -0.274. The first kappa shape index (κ1) is 16.9. The van der Waals surface area contributed by atoms with Crippen LogP contribution < -0.4 is 4.74 Å².